The van der Waals surface area contributed by atoms with Crippen molar-refractivity contribution in [1.82, 2.24) is 29.2 Å². The van der Waals surface area contributed by atoms with E-state index in [-0.39, 0.29) is 46.7 Å². The minimum atomic E-state index is -2.66. The van der Waals surface area contributed by atoms with E-state index in [1.165, 1.54) is 42.3 Å². The van der Waals surface area contributed by atoms with Crippen molar-refractivity contribution in [2.75, 3.05) is 25.0 Å². The number of hydrogen-bond donors (Lipinski definition) is 2. The maximum absolute atomic E-state index is 15.4. The first-order chi connectivity index (χ1) is 23.4. The van der Waals surface area contributed by atoms with E-state index in [9.17, 15) is 23.5 Å². The maximum Gasteiger partial charge on any atom is 0.290 e. The summed E-state index contributed by atoms with van der Waals surface area (Å²) in [6.45, 7) is 8.66. The number of benzene rings is 1. The summed E-state index contributed by atoms with van der Waals surface area (Å²) < 4.78 is 50.2. The Morgan fingerprint density at radius 1 is 1.00 bits per heavy atom. The molecule has 0 amide bonds. The van der Waals surface area contributed by atoms with Crippen LogP contribution in [0.3, 0.4) is 0 Å². The minimum absolute atomic E-state index is 0.0874. The zero-order valence-electron chi connectivity index (χ0n) is 28.6. The Morgan fingerprint density at radius 3 is 2.38 bits per heavy atom. The highest BCUT2D eigenvalue weighted by atomic mass is 19.3. The summed E-state index contributed by atoms with van der Waals surface area (Å²) in [5.74, 6) is -2.48. The van der Waals surface area contributed by atoms with Crippen LogP contribution in [0.15, 0.2) is 70.6 Å². The van der Waals surface area contributed by atoms with Crippen molar-refractivity contribution < 1.29 is 23.0 Å². The molecular formula is C36H38F3N7O4. The largest absolute Gasteiger partial charge is 0.485 e. The average molecular weight is 690 g/mol. The quantitative estimate of drug-likeness (QED) is 0.211. The van der Waals surface area contributed by atoms with Gasteiger partial charge in [0, 0.05) is 37.1 Å². The second-order valence-electron chi connectivity index (χ2n) is 14.2. The molecule has 0 spiro atoms. The van der Waals surface area contributed by atoms with Crippen molar-refractivity contribution in [3.05, 3.63) is 98.7 Å². The number of aromatic nitrogens is 5. The van der Waals surface area contributed by atoms with Gasteiger partial charge in [0.1, 0.15) is 34.5 Å². The second-order valence-corrected chi connectivity index (χ2v) is 14.2. The monoisotopic (exact) mass is 689 g/mol. The number of likely N-dealkylation sites (tertiary alicyclic amines) is 1. The molecule has 4 aromatic heterocycles. The smallest absolute Gasteiger partial charge is 0.290 e. The number of anilines is 2. The van der Waals surface area contributed by atoms with Gasteiger partial charge in [-0.05, 0) is 66.6 Å². The molecule has 1 aliphatic heterocycles. The van der Waals surface area contributed by atoms with Crippen molar-refractivity contribution in [1.29, 1.82) is 0 Å². The molecule has 0 aliphatic carbocycles. The Kier molecular flexibility index (Phi) is 8.81. The lowest BCUT2D eigenvalue weighted by molar-refractivity contribution is -0.144. The lowest BCUT2D eigenvalue weighted by Gasteiger charge is -2.42. The number of rotatable bonds is 9. The van der Waals surface area contributed by atoms with Gasteiger partial charge < -0.3 is 15.2 Å². The molecule has 1 saturated heterocycles. The van der Waals surface area contributed by atoms with Crippen LogP contribution in [0, 0.1) is 5.82 Å². The van der Waals surface area contributed by atoms with Crippen LogP contribution < -0.4 is 21.2 Å². The van der Waals surface area contributed by atoms with Gasteiger partial charge in [0.15, 0.2) is 0 Å². The number of nitrogens with one attached hydrogen (secondary N) is 1. The number of ether oxygens (including phenoxy) is 1. The molecule has 6 rings (SSSR count). The molecule has 0 saturated carbocycles. The van der Waals surface area contributed by atoms with Crippen LogP contribution in [0.4, 0.5) is 24.7 Å². The van der Waals surface area contributed by atoms with Gasteiger partial charge in [-0.25, -0.2) is 27.8 Å². The van der Waals surface area contributed by atoms with Gasteiger partial charge in [-0.15, -0.1) is 0 Å². The van der Waals surface area contributed by atoms with E-state index in [1.54, 1.807) is 49.1 Å². The van der Waals surface area contributed by atoms with E-state index in [2.05, 4.69) is 20.4 Å². The molecule has 1 aliphatic rings. The fourth-order valence-electron chi connectivity index (χ4n) is 6.10. The SMILES string of the molecule is Cn1nc(-c2ccnc(-n3ccc4cc(C(C)(C)C)cc(F)c4c3=O)c2CO)cc(Nc2ccc(OC(C)(C)CN3CC(F)(F)C3)cn2)c1=O. The number of alkyl halides is 2. The molecule has 0 atom stereocenters. The van der Waals surface area contributed by atoms with E-state index >= 15 is 4.39 Å². The van der Waals surface area contributed by atoms with Crippen LogP contribution in [-0.2, 0) is 19.1 Å². The lowest BCUT2D eigenvalue weighted by Crippen LogP contribution is -2.60. The van der Waals surface area contributed by atoms with Crippen LogP contribution in [0.1, 0.15) is 45.7 Å². The fraction of sp³-hybridized carbons (Fsp3) is 0.361. The summed E-state index contributed by atoms with van der Waals surface area (Å²) in [6, 6.07) is 11.2. The highest BCUT2D eigenvalue weighted by molar-refractivity contribution is 5.83. The third kappa shape index (κ3) is 6.98. The zero-order chi connectivity index (χ0) is 36.2. The summed E-state index contributed by atoms with van der Waals surface area (Å²) in [5.41, 5.74) is -0.385. The lowest BCUT2D eigenvalue weighted by atomic mass is 9.86. The summed E-state index contributed by atoms with van der Waals surface area (Å²) in [6.07, 6.45) is 4.40. The third-order valence-corrected chi connectivity index (χ3v) is 8.49. The number of aliphatic hydroxyl groups excluding tert-OH is 1. The van der Waals surface area contributed by atoms with Crippen molar-refractivity contribution >= 4 is 22.3 Å². The molecule has 0 radical (unpaired) electrons. The number of aliphatic hydroxyl groups is 1. The molecule has 5 aromatic rings. The standard InChI is InChI=1S/C36H38F3N7O4/c1-34(2,3)22-13-21-10-12-46(33(49)30(21)26(37)14-22)31-25(17-47)24(9-11-40-31)27-15-28(32(48)44(6)43-27)42-29-8-7-23(16-41-29)50-35(4,5)18-45-19-36(38,39)20-45/h7-16,47H,17-20H2,1-6H3,(H,41,42). The molecule has 14 heteroatoms. The molecule has 2 N–H and O–H groups in total. The highest BCUT2D eigenvalue weighted by Gasteiger charge is 2.45. The van der Waals surface area contributed by atoms with Gasteiger partial charge in [0.25, 0.3) is 17.0 Å². The Hall–Kier alpha value is -5.08. The molecule has 5 heterocycles. The van der Waals surface area contributed by atoms with Crippen LogP contribution in [0.5, 0.6) is 5.75 Å². The molecule has 262 valence electrons. The predicted octanol–water partition coefficient (Wildman–Crippen LogP) is 5.32. The minimum Gasteiger partial charge on any atom is -0.485 e. The number of nitrogens with zero attached hydrogens (tertiary/aromatic N) is 6. The third-order valence-electron chi connectivity index (χ3n) is 8.49. The first-order valence-electron chi connectivity index (χ1n) is 16.0. The number of aryl methyl sites for hydroxylation is 1. The van der Waals surface area contributed by atoms with Gasteiger partial charge in [-0.1, -0.05) is 26.8 Å². The Morgan fingerprint density at radius 2 is 1.74 bits per heavy atom. The van der Waals surface area contributed by atoms with E-state index in [4.69, 9.17) is 4.74 Å². The zero-order valence-corrected chi connectivity index (χ0v) is 28.6. The fourth-order valence-corrected chi connectivity index (χ4v) is 6.10. The van der Waals surface area contributed by atoms with Crippen LogP contribution in [0.25, 0.3) is 27.8 Å². The normalized spacial score (nSPS) is 14.8. The van der Waals surface area contributed by atoms with Crippen molar-refractivity contribution in [3.8, 4) is 22.8 Å². The molecular weight excluding hydrogens is 651 g/mol. The van der Waals surface area contributed by atoms with Gasteiger partial charge in [-0.3, -0.25) is 19.1 Å². The van der Waals surface area contributed by atoms with Gasteiger partial charge in [-0.2, -0.15) is 5.10 Å². The first kappa shape index (κ1) is 34.8. The Labute approximate surface area is 286 Å². The Balaban J connectivity index is 1.29. The number of halogens is 3. The summed E-state index contributed by atoms with van der Waals surface area (Å²) in [5, 5.41) is 18.3. The molecule has 50 heavy (non-hydrogen) atoms. The molecule has 11 nitrogen and oxygen atoms in total. The summed E-state index contributed by atoms with van der Waals surface area (Å²) >= 11 is 0. The van der Waals surface area contributed by atoms with Gasteiger partial charge in [0.05, 0.1) is 37.0 Å². The van der Waals surface area contributed by atoms with E-state index in [0.717, 1.165) is 10.2 Å². The first-order valence-corrected chi connectivity index (χ1v) is 16.0. The van der Waals surface area contributed by atoms with Crippen molar-refractivity contribution in [3.63, 3.8) is 0 Å². The average Bonchev–Trinajstić information content (AvgIpc) is 3.02. The van der Waals surface area contributed by atoms with E-state index in [0.29, 0.717) is 29.1 Å². The highest BCUT2D eigenvalue weighted by Crippen LogP contribution is 2.31. The van der Waals surface area contributed by atoms with Crippen molar-refractivity contribution in [2.45, 2.75) is 58.2 Å². The van der Waals surface area contributed by atoms with Crippen LogP contribution in [0.2, 0.25) is 0 Å². The van der Waals surface area contributed by atoms with Gasteiger partial charge in [0.2, 0.25) is 0 Å². The van der Waals surface area contributed by atoms with Gasteiger partial charge >= 0.3 is 0 Å². The molecule has 0 unspecified atom stereocenters. The molecule has 1 fully saturated rings. The topological polar surface area (TPSA) is 127 Å². The van der Waals surface area contributed by atoms with Crippen LogP contribution in [-0.4, -0.2) is 65.5 Å². The molecule has 0 bridgehead atoms. The summed E-state index contributed by atoms with van der Waals surface area (Å²) in [4.78, 5) is 37.1. The second kappa shape index (κ2) is 12.7. The number of fused-ring (bicyclic) bond motifs is 1. The van der Waals surface area contributed by atoms with E-state index < -0.39 is 35.1 Å². The van der Waals surface area contributed by atoms with E-state index in [1.807, 2.05) is 20.8 Å². The van der Waals surface area contributed by atoms with Crippen molar-refractivity contribution in [2.24, 2.45) is 7.05 Å². The molecule has 1 aromatic carbocycles. The maximum atomic E-state index is 15.4. The number of pyridine rings is 3. The number of hydrogen-bond acceptors (Lipinski definition) is 9. The predicted molar refractivity (Wildman–Crippen MR) is 184 cm³/mol. The Bertz CT molecular complexity index is 2200. The summed E-state index contributed by atoms with van der Waals surface area (Å²) in [7, 11) is 1.47. The van der Waals surface area contributed by atoms with Crippen LogP contribution >= 0.6 is 0 Å².